The monoisotopic (exact) mass is 232 g/mol. The summed E-state index contributed by atoms with van der Waals surface area (Å²) in [7, 11) is 0. The molecule has 0 unspecified atom stereocenters. The highest BCUT2D eigenvalue weighted by Crippen LogP contribution is 2.28. The minimum Gasteiger partial charge on any atom is -0.468 e. The minimum absolute atomic E-state index is 0.504. The van der Waals surface area contributed by atoms with Gasteiger partial charge in [0.25, 0.3) is 6.47 Å². The summed E-state index contributed by atoms with van der Waals surface area (Å²) in [5.74, 6) is 0.997. The van der Waals surface area contributed by atoms with E-state index in [1.807, 2.05) is 6.07 Å². The molecule has 0 spiro atoms. The fourth-order valence-electron chi connectivity index (χ4n) is 1.97. The van der Waals surface area contributed by atoms with E-state index in [9.17, 15) is 4.79 Å². The van der Waals surface area contributed by atoms with Crippen molar-refractivity contribution in [2.24, 2.45) is 0 Å². The van der Waals surface area contributed by atoms with Crippen LogP contribution in [0.2, 0.25) is 0 Å². The summed E-state index contributed by atoms with van der Waals surface area (Å²) < 4.78 is 10.1. The summed E-state index contributed by atoms with van der Waals surface area (Å²) in [4.78, 5) is 9.94. The summed E-state index contributed by atoms with van der Waals surface area (Å²) in [5.41, 5.74) is 2.42. The van der Waals surface area contributed by atoms with Crippen molar-refractivity contribution in [2.75, 3.05) is 6.61 Å². The zero-order valence-electron chi connectivity index (χ0n) is 9.72. The Kier molecular flexibility index (Phi) is 4.19. The molecular weight excluding hydrogens is 216 g/mol. The molecule has 0 saturated carbocycles. The van der Waals surface area contributed by atoms with Crippen LogP contribution in [0.15, 0.2) is 34.9 Å². The van der Waals surface area contributed by atoms with E-state index < -0.39 is 0 Å². The predicted molar refractivity (Wildman–Crippen MR) is 64.9 cm³/mol. The van der Waals surface area contributed by atoms with Crippen molar-refractivity contribution in [1.82, 2.24) is 0 Å². The number of fused-ring (bicyclic) bond motifs is 1. The van der Waals surface area contributed by atoms with Gasteiger partial charge in [-0.3, -0.25) is 4.79 Å². The number of ether oxygens (including phenoxy) is 1. The van der Waals surface area contributed by atoms with Crippen molar-refractivity contribution in [3.63, 3.8) is 0 Å². The molecule has 2 aliphatic rings. The Morgan fingerprint density at radius 3 is 3.00 bits per heavy atom. The van der Waals surface area contributed by atoms with Gasteiger partial charge in [-0.2, -0.15) is 0 Å². The van der Waals surface area contributed by atoms with E-state index in [0.717, 1.165) is 37.0 Å². The molecule has 17 heavy (non-hydrogen) atoms. The van der Waals surface area contributed by atoms with Crippen molar-refractivity contribution in [1.29, 1.82) is 0 Å². The SMILES string of the molecule is O=COCCCCCc1ccc2cccoc1-2. The largest absolute Gasteiger partial charge is 0.468 e. The summed E-state index contributed by atoms with van der Waals surface area (Å²) in [6.07, 6.45) is 5.80. The molecule has 90 valence electrons. The lowest BCUT2D eigenvalue weighted by Crippen LogP contribution is -1.92. The predicted octanol–water partition coefficient (Wildman–Crippen LogP) is 3.27. The summed E-state index contributed by atoms with van der Waals surface area (Å²) in [6, 6.07) is 8.17. The first-order valence-electron chi connectivity index (χ1n) is 5.92. The van der Waals surface area contributed by atoms with Gasteiger partial charge in [0.1, 0.15) is 5.76 Å². The van der Waals surface area contributed by atoms with Crippen LogP contribution in [-0.4, -0.2) is 13.1 Å². The molecule has 0 aromatic heterocycles. The standard InChI is InChI=1S/C14H16O3/c15-11-16-9-3-1-2-5-12-7-8-13-6-4-10-17-14(12)13/h4,6-8,10-11H,1-3,5,9H2. The highest BCUT2D eigenvalue weighted by Gasteiger charge is 2.10. The Morgan fingerprint density at radius 1 is 1.18 bits per heavy atom. The average Bonchev–Trinajstić information content (AvgIpc) is 2.77. The van der Waals surface area contributed by atoms with Crippen LogP contribution >= 0.6 is 0 Å². The van der Waals surface area contributed by atoms with Gasteiger partial charge in [0.2, 0.25) is 0 Å². The summed E-state index contributed by atoms with van der Waals surface area (Å²) in [5, 5.41) is 0. The molecule has 1 aliphatic carbocycles. The molecule has 0 atom stereocenters. The van der Waals surface area contributed by atoms with Crippen LogP contribution in [0.4, 0.5) is 0 Å². The van der Waals surface area contributed by atoms with Gasteiger partial charge in [0, 0.05) is 5.56 Å². The summed E-state index contributed by atoms with van der Waals surface area (Å²) >= 11 is 0. The van der Waals surface area contributed by atoms with Crippen LogP contribution in [0.1, 0.15) is 24.8 Å². The number of aryl methyl sites for hydroxylation is 1. The van der Waals surface area contributed by atoms with E-state index in [1.165, 1.54) is 5.56 Å². The Morgan fingerprint density at radius 2 is 2.12 bits per heavy atom. The second kappa shape index (κ2) is 6.09. The Labute approximate surface area is 101 Å². The van der Waals surface area contributed by atoms with E-state index in [2.05, 4.69) is 22.9 Å². The molecule has 0 bridgehead atoms. The first-order chi connectivity index (χ1) is 8.42. The van der Waals surface area contributed by atoms with Gasteiger partial charge in [0.15, 0.2) is 0 Å². The van der Waals surface area contributed by atoms with Crippen molar-refractivity contribution in [3.05, 3.63) is 36.1 Å². The smallest absolute Gasteiger partial charge is 0.293 e. The second-order valence-corrected chi connectivity index (χ2v) is 4.03. The van der Waals surface area contributed by atoms with E-state index in [1.54, 1.807) is 6.26 Å². The van der Waals surface area contributed by atoms with Gasteiger partial charge >= 0.3 is 0 Å². The molecule has 2 rings (SSSR count). The topological polar surface area (TPSA) is 39.4 Å². The maximum Gasteiger partial charge on any atom is 0.293 e. The summed E-state index contributed by atoms with van der Waals surface area (Å²) in [6.45, 7) is 1.03. The van der Waals surface area contributed by atoms with Crippen molar-refractivity contribution >= 4 is 6.47 Å². The highest BCUT2D eigenvalue weighted by molar-refractivity contribution is 5.64. The molecule has 0 saturated heterocycles. The number of rotatable bonds is 7. The van der Waals surface area contributed by atoms with Gasteiger partial charge in [-0.1, -0.05) is 12.1 Å². The molecule has 0 N–H and O–H groups in total. The number of hydrogen-bond acceptors (Lipinski definition) is 3. The molecule has 3 nitrogen and oxygen atoms in total. The first-order valence-corrected chi connectivity index (χ1v) is 5.92. The highest BCUT2D eigenvalue weighted by atomic mass is 16.5. The van der Waals surface area contributed by atoms with Crippen LogP contribution < -0.4 is 0 Å². The lowest BCUT2D eigenvalue weighted by atomic mass is 10.1. The lowest BCUT2D eigenvalue weighted by Gasteiger charge is -2.03. The molecule has 0 aromatic carbocycles. The number of hydrogen-bond donors (Lipinski definition) is 0. The maximum atomic E-state index is 9.94. The molecule has 0 amide bonds. The second-order valence-electron chi connectivity index (χ2n) is 4.03. The van der Waals surface area contributed by atoms with Crippen molar-refractivity contribution in [2.45, 2.75) is 25.7 Å². The number of unbranched alkanes of at least 4 members (excludes halogenated alkanes) is 2. The molecule has 1 aliphatic heterocycles. The third-order valence-corrected chi connectivity index (χ3v) is 2.83. The number of carbonyl (C=O) groups is 1. The lowest BCUT2D eigenvalue weighted by molar-refractivity contribution is -0.128. The molecule has 0 radical (unpaired) electrons. The van der Waals surface area contributed by atoms with Gasteiger partial charge in [-0.25, -0.2) is 0 Å². The molecule has 3 heteroatoms. The quantitative estimate of drug-likeness (QED) is 0.543. The zero-order chi connectivity index (χ0) is 11.9. The molecule has 0 aromatic rings. The van der Waals surface area contributed by atoms with Gasteiger partial charge in [0.05, 0.1) is 12.9 Å². The van der Waals surface area contributed by atoms with E-state index in [0.29, 0.717) is 13.1 Å². The Hall–Kier alpha value is -1.77. The fraction of sp³-hybridized carbons (Fsp3) is 0.357. The third-order valence-electron chi connectivity index (χ3n) is 2.83. The average molecular weight is 232 g/mol. The van der Waals surface area contributed by atoms with Crippen LogP contribution in [-0.2, 0) is 16.0 Å². The van der Waals surface area contributed by atoms with Crippen molar-refractivity contribution in [3.8, 4) is 11.3 Å². The van der Waals surface area contributed by atoms with E-state index in [-0.39, 0.29) is 0 Å². The molecule has 1 heterocycles. The fourth-order valence-corrected chi connectivity index (χ4v) is 1.97. The van der Waals surface area contributed by atoms with Crippen LogP contribution in [0.5, 0.6) is 0 Å². The van der Waals surface area contributed by atoms with Crippen LogP contribution in [0.25, 0.3) is 11.3 Å². The van der Waals surface area contributed by atoms with Crippen LogP contribution in [0, 0.1) is 0 Å². The van der Waals surface area contributed by atoms with E-state index in [4.69, 9.17) is 4.42 Å². The first kappa shape index (κ1) is 11.7. The van der Waals surface area contributed by atoms with Crippen molar-refractivity contribution < 1.29 is 13.9 Å². The Balaban J connectivity index is 1.78. The van der Waals surface area contributed by atoms with Gasteiger partial charge in [-0.15, -0.1) is 0 Å². The normalized spacial score (nSPS) is 10.6. The van der Waals surface area contributed by atoms with Gasteiger partial charge in [-0.05, 0) is 43.4 Å². The third kappa shape index (κ3) is 3.09. The number of carbonyl (C=O) groups excluding carboxylic acids is 1. The zero-order valence-corrected chi connectivity index (χ0v) is 9.72. The Bertz CT molecular complexity index is 433. The van der Waals surface area contributed by atoms with Crippen LogP contribution in [0.3, 0.4) is 0 Å². The molecular formula is C14H16O3. The van der Waals surface area contributed by atoms with Gasteiger partial charge < -0.3 is 9.15 Å². The maximum absolute atomic E-state index is 9.94. The minimum atomic E-state index is 0.504. The van der Waals surface area contributed by atoms with E-state index >= 15 is 0 Å². The molecule has 0 fully saturated rings.